The molecule has 1 unspecified atom stereocenters. The van der Waals surface area contributed by atoms with Crippen LogP contribution in [0.5, 0.6) is 0 Å². The smallest absolute Gasteiger partial charge is 0.273 e. The summed E-state index contributed by atoms with van der Waals surface area (Å²) >= 11 is 3.30. The Bertz CT molecular complexity index is 442. The summed E-state index contributed by atoms with van der Waals surface area (Å²) in [5, 5.41) is 20.6. The molecule has 0 radical (unpaired) electrons. The van der Waals surface area contributed by atoms with Crippen LogP contribution in [0.1, 0.15) is 5.56 Å². The normalized spacial score (nSPS) is 12.7. The molecule has 0 fully saturated rings. The third-order valence-electron chi connectivity index (χ3n) is 2.56. The van der Waals surface area contributed by atoms with Crippen molar-refractivity contribution in [2.24, 2.45) is 0 Å². The summed E-state index contributed by atoms with van der Waals surface area (Å²) in [5.41, 5.74) is 0.683. The molecule has 1 atom stereocenters. The lowest BCUT2D eigenvalue weighted by molar-refractivity contribution is -0.385. The molecule has 0 saturated heterocycles. The van der Waals surface area contributed by atoms with E-state index in [0.29, 0.717) is 18.7 Å². The second-order valence-electron chi connectivity index (χ2n) is 4.34. The van der Waals surface area contributed by atoms with Crippen LogP contribution in [-0.4, -0.2) is 48.3 Å². The van der Waals surface area contributed by atoms with Crippen molar-refractivity contribution in [3.63, 3.8) is 0 Å². The molecular weight excluding hydrogens is 316 g/mol. The molecule has 1 rings (SSSR count). The van der Waals surface area contributed by atoms with Crippen LogP contribution in [0.4, 0.5) is 5.69 Å². The summed E-state index contributed by atoms with van der Waals surface area (Å²) in [7, 11) is 3.31. The van der Waals surface area contributed by atoms with Crippen molar-refractivity contribution in [3.05, 3.63) is 38.3 Å². The molecule has 7 heteroatoms. The molecule has 1 aromatic rings. The average Bonchev–Trinajstić information content (AvgIpc) is 2.28. The number of aliphatic hydroxyl groups is 1. The van der Waals surface area contributed by atoms with E-state index in [0.717, 1.165) is 4.47 Å². The van der Waals surface area contributed by atoms with Gasteiger partial charge in [-0.3, -0.25) is 15.0 Å². The fourth-order valence-electron chi connectivity index (χ4n) is 1.82. The maximum Gasteiger partial charge on any atom is 0.273 e. The van der Waals surface area contributed by atoms with Gasteiger partial charge in [-0.2, -0.15) is 0 Å². The van der Waals surface area contributed by atoms with Crippen molar-refractivity contribution in [3.8, 4) is 0 Å². The number of ether oxygens (including phenoxy) is 1. The molecule has 0 aliphatic rings. The lowest BCUT2D eigenvalue weighted by Crippen LogP contribution is -2.31. The first-order chi connectivity index (χ1) is 8.93. The molecule has 0 spiro atoms. The molecular formula is C12H17BrN2O4. The maximum absolute atomic E-state index is 10.9. The van der Waals surface area contributed by atoms with Gasteiger partial charge < -0.3 is 9.84 Å². The highest BCUT2D eigenvalue weighted by molar-refractivity contribution is 9.10. The number of nitrogens with zero attached hydrogens (tertiary/aromatic N) is 2. The minimum absolute atomic E-state index is 0.0799. The molecule has 106 valence electrons. The molecule has 0 aliphatic heterocycles. The highest BCUT2D eigenvalue weighted by Gasteiger charge is 2.16. The van der Waals surface area contributed by atoms with Gasteiger partial charge >= 0.3 is 0 Å². The van der Waals surface area contributed by atoms with Crippen LogP contribution in [0.3, 0.4) is 0 Å². The SMILES string of the molecule is COCC(O)CN(C)Cc1cc(Br)ccc1[N+](=O)[O-]. The Morgan fingerprint density at radius 1 is 1.58 bits per heavy atom. The zero-order valence-corrected chi connectivity index (χ0v) is 12.5. The first-order valence-electron chi connectivity index (χ1n) is 5.72. The average molecular weight is 333 g/mol. The van der Waals surface area contributed by atoms with Crippen LogP contribution >= 0.6 is 15.9 Å². The molecule has 0 heterocycles. The van der Waals surface area contributed by atoms with Gasteiger partial charge in [0.15, 0.2) is 0 Å². The number of methoxy groups -OCH3 is 1. The summed E-state index contributed by atoms with van der Waals surface area (Å²) in [5.74, 6) is 0. The van der Waals surface area contributed by atoms with Crippen molar-refractivity contribution in [1.29, 1.82) is 0 Å². The second-order valence-corrected chi connectivity index (χ2v) is 5.25. The number of nitro groups is 1. The number of nitro benzene ring substituents is 1. The van der Waals surface area contributed by atoms with Crippen molar-refractivity contribution in [1.82, 2.24) is 4.90 Å². The molecule has 0 saturated carbocycles. The van der Waals surface area contributed by atoms with E-state index in [9.17, 15) is 15.2 Å². The van der Waals surface area contributed by atoms with Crippen LogP contribution in [0.15, 0.2) is 22.7 Å². The van der Waals surface area contributed by atoms with E-state index in [2.05, 4.69) is 15.9 Å². The predicted octanol–water partition coefficient (Wildman–Crippen LogP) is 1.80. The van der Waals surface area contributed by atoms with Crippen LogP contribution < -0.4 is 0 Å². The van der Waals surface area contributed by atoms with Gasteiger partial charge in [0.1, 0.15) is 0 Å². The summed E-state index contributed by atoms with van der Waals surface area (Å²) in [6.45, 7) is 1.01. The molecule has 19 heavy (non-hydrogen) atoms. The Labute approximate surface area is 120 Å². The van der Waals surface area contributed by atoms with Crippen molar-refractivity contribution in [2.75, 3.05) is 27.3 Å². The van der Waals surface area contributed by atoms with Crippen LogP contribution in [0.2, 0.25) is 0 Å². The monoisotopic (exact) mass is 332 g/mol. The number of halogens is 1. The highest BCUT2D eigenvalue weighted by atomic mass is 79.9. The van der Waals surface area contributed by atoms with Gasteiger partial charge in [0.25, 0.3) is 5.69 Å². The van der Waals surface area contributed by atoms with E-state index >= 15 is 0 Å². The van der Waals surface area contributed by atoms with Crippen LogP contribution in [-0.2, 0) is 11.3 Å². The van der Waals surface area contributed by atoms with E-state index in [1.54, 1.807) is 19.2 Å². The lowest BCUT2D eigenvalue weighted by atomic mass is 10.1. The summed E-state index contributed by atoms with van der Waals surface area (Å²) in [6.07, 6.45) is -0.610. The number of benzene rings is 1. The molecule has 0 aromatic heterocycles. The third-order valence-corrected chi connectivity index (χ3v) is 3.05. The molecule has 6 nitrogen and oxygen atoms in total. The fraction of sp³-hybridized carbons (Fsp3) is 0.500. The summed E-state index contributed by atoms with van der Waals surface area (Å²) < 4.78 is 5.63. The first kappa shape index (κ1) is 16.0. The van der Waals surface area contributed by atoms with Crippen molar-refractivity contribution < 1.29 is 14.8 Å². The predicted molar refractivity (Wildman–Crippen MR) is 75.0 cm³/mol. The minimum atomic E-state index is -0.610. The van der Waals surface area contributed by atoms with E-state index in [1.807, 2.05) is 4.90 Å². The van der Waals surface area contributed by atoms with Gasteiger partial charge in [-0.05, 0) is 19.2 Å². The van der Waals surface area contributed by atoms with Gasteiger partial charge in [0.2, 0.25) is 0 Å². The fourth-order valence-corrected chi connectivity index (χ4v) is 2.23. The number of aliphatic hydroxyl groups excluding tert-OH is 1. The van der Waals surface area contributed by atoms with E-state index in [4.69, 9.17) is 4.74 Å². The zero-order chi connectivity index (χ0) is 14.4. The molecule has 1 aromatic carbocycles. The van der Waals surface area contributed by atoms with E-state index in [-0.39, 0.29) is 12.3 Å². The highest BCUT2D eigenvalue weighted by Crippen LogP contribution is 2.24. The van der Waals surface area contributed by atoms with Crippen LogP contribution in [0.25, 0.3) is 0 Å². The molecule has 1 N–H and O–H groups in total. The lowest BCUT2D eigenvalue weighted by Gasteiger charge is -2.20. The second kappa shape index (κ2) is 7.54. The van der Waals surface area contributed by atoms with Crippen molar-refractivity contribution >= 4 is 21.6 Å². The number of hydrogen-bond acceptors (Lipinski definition) is 5. The van der Waals surface area contributed by atoms with Gasteiger partial charge in [0.05, 0.1) is 17.6 Å². The zero-order valence-electron chi connectivity index (χ0n) is 10.9. The molecule has 0 bridgehead atoms. The quantitative estimate of drug-likeness (QED) is 0.608. The Balaban J connectivity index is 2.75. The van der Waals surface area contributed by atoms with Crippen LogP contribution in [0, 0.1) is 10.1 Å². The van der Waals surface area contributed by atoms with E-state index in [1.165, 1.54) is 13.2 Å². The van der Waals surface area contributed by atoms with Gasteiger partial charge in [-0.15, -0.1) is 0 Å². The Morgan fingerprint density at radius 3 is 2.84 bits per heavy atom. The summed E-state index contributed by atoms with van der Waals surface area (Å²) in [6, 6.07) is 4.83. The Kier molecular flexibility index (Phi) is 6.36. The standard InChI is InChI=1S/C12H17BrN2O4/c1-14(7-11(16)8-19-2)6-9-5-10(13)3-4-12(9)15(17)18/h3-5,11,16H,6-8H2,1-2H3. The summed E-state index contributed by atoms with van der Waals surface area (Å²) in [4.78, 5) is 12.4. The number of hydrogen-bond donors (Lipinski definition) is 1. The molecule has 0 amide bonds. The molecule has 0 aliphatic carbocycles. The topological polar surface area (TPSA) is 75.8 Å². The number of likely N-dealkylation sites (N-methyl/N-ethyl adjacent to an activating group) is 1. The minimum Gasteiger partial charge on any atom is -0.389 e. The Morgan fingerprint density at radius 2 is 2.26 bits per heavy atom. The van der Waals surface area contributed by atoms with E-state index < -0.39 is 11.0 Å². The van der Waals surface area contributed by atoms with Gasteiger partial charge in [-0.25, -0.2) is 0 Å². The van der Waals surface area contributed by atoms with Gasteiger partial charge in [-0.1, -0.05) is 15.9 Å². The third kappa shape index (κ3) is 5.23. The van der Waals surface area contributed by atoms with Gasteiger partial charge in [0, 0.05) is 36.3 Å². The Hall–Kier alpha value is -1.02. The number of rotatable bonds is 7. The first-order valence-corrected chi connectivity index (χ1v) is 6.51. The van der Waals surface area contributed by atoms with Crippen molar-refractivity contribution in [2.45, 2.75) is 12.6 Å². The largest absolute Gasteiger partial charge is 0.389 e. The maximum atomic E-state index is 10.9.